The van der Waals surface area contributed by atoms with Crippen LogP contribution in [0.15, 0.2) is 42.5 Å². The first kappa shape index (κ1) is 17.2. The Morgan fingerprint density at radius 3 is 2.59 bits per heavy atom. The molecule has 0 spiro atoms. The lowest BCUT2D eigenvalue weighted by atomic mass is 10.0. The zero-order valence-electron chi connectivity index (χ0n) is 14.0. The van der Waals surface area contributed by atoms with E-state index >= 15 is 0 Å². The van der Waals surface area contributed by atoms with Gasteiger partial charge in [-0.05, 0) is 49.4 Å². The number of H-pyrrole nitrogens is 1. The third-order valence-electron chi connectivity index (χ3n) is 4.40. The number of carbonyl (C=O) groups is 2. The summed E-state index contributed by atoms with van der Waals surface area (Å²) in [5.74, 6) is -1.76. The van der Waals surface area contributed by atoms with Crippen LogP contribution in [0.1, 0.15) is 27.6 Å². The number of hydrogen-bond donors (Lipinski definition) is 2. The summed E-state index contributed by atoms with van der Waals surface area (Å²) in [4.78, 5) is 31.1. The number of aromatic nitrogens is 2. The van der Waals surface area contributed by atoms with E-state index in [9.17, 15) is 19.1 Å². The molecule has 5 nitrogen and oxygen atoms in total. The summed E-state index contributed by atoms with van der Waals surface area (Å²) >= 11 is 5.87. The number of Topliss-reactive ketones (excluding diaryl/α,β-unsaturated/α-hetero) is 1. The Bertz CT molecular complexity index is 1260. The number of carbonyl (C=O) groups excluding carboxylic acids is 1. The Hall–Kier alpha value is -3.25. The summed E-state index contributed by atoms with van der Waals surface area (Å²) in [5.41, 5.74) is 3.20. The molecule has 4 rings (SSSR count). The molecular weight excluding hydrogens is 371 g/mol. The smallest absolute Gasteiger partial charge is 0.335 e. The second-order valence-electron chi connectivity index (χ2n) is 6.15. The normalized spacial score (nSPS) is 11.2. The first-order chi connectivity index (χ1) is 12.8. The van der Waals surface area contributed by atoms with Gasteiger partial charge in [0, 0.05) is 22.0 Å². The molecule has 0 radical (unpaired) electrons. The van der Waals surface area contributed by atoms with Crippen molar-refractivity contribution in [1.82, 2.24) is 9.97 Å². The quantitative estimate of drug-likeness (QED) is 0.484. The topological polar surface area (TPSA) is 83.0 Å². The average molecular weight is 383 g/mol. The number of carboxylic acids is 1. The van der Waals surface area contributed by atoms with E-state index in [2.05, 4.69) is 9.97 Å². The molecule has 0 fully saturated rings. The van der Waals surface area contributed by atoms with Crippen molar-refractivity contribution in [3.05, 3.63) is 64.4 Å². The van der Waals surface area contributed by atoms with Crippen molar-refractivity contribution in [2.24, 2.45) is 0 Å². The van der Waals surface area contributed by atoms with Crippen LogP contribution in [-0.4, -0.2) is 26.8 Å². The van der Waals surface area contributed by atoms with E-state index < -0.39 is 11.8 Å². The summed E-state index contributed by atoms with van der Waals surface area (Å²) in [6, 6.07) is 10.5. The first-order valence-electron chi connectivity index (χ1n) is 8.01. The lowest BCUT2D eigenvalue weighted by Gasteiger charge is -2.06. The van der Waals surface area contributed by atoms with Crippen LogP contribution in [0.4, 0.5) is 4.39 Å². The van der Waals surface area contributed by atoms with E-state index in [0.717, 1.165) is 0 Å². The maximum Gasteiger partial charge on any atom is 0.335 e. The van der Waals surface area contributed by atoms with Crippen molar-refractivity contribution in [3.63, 3.8) is 0 Å². The molecule has 0 aliphatic carbocycles. The van der Waals surface area contributed by atoms with Crippen molar-refractivity contribution in [3.8, 4) is 11.3 Å². The summed E-state index contributed by atoms with van der Waals surface area (Å²) in [7, 11) is 0. The minimum atomic E-state index is -1.04. The lowest BCUT2D eigenvalue weighted by molar-refractivity contribution is 0.0696. The maximum atomic E-state index is 13.5. The molecule has 4 aromatic rings. The Balaban J connectivity index is 2.04. The van der Waals surface area contributed by atoms with Crippen LogP contribution in [-0.2, 0) is 0 Å². The fraction of sp³-hybridized carbons (Fsp3) is 0.0500. The highest BCUT2D eigenvalue weighted by Gasteiger charge is 2.17. The van der Waals surface area contributed by atoms with Crippen LogP contribution in [0.2, 0.25) is 5.02 Å². The molecule has 2 N–H and O–H groups in total. The molecule has 0 atom stereocenters. The van der Waals surface area contributed by atoms with Gasteiger partial charge in [-0.25, -0.2) is 14.2 Å². The van der Waals surface area contributed by atoms with Gasteiger partial charge in [-0.1, -0.05) is 11.6 Å². The molecule has 7 heteroatoms. The molecule has 0 unspecified atom stereocenters. The highest BCUT2D eigenvalue weighted by molar-refractivity contribution is 6.31. The number of aromatic amines is 1. The Morgan fingerprint density at radius 1 is 1.15 bits per heavy atom. The number of pyridine rings is 1. The van der Waals surface area contributed by atoms with Gasteiger partial charge in [0.25, 0.3) is 0 Å². The van der Waals surface area contributed by atoms with Crippen molar-refractivity contribution in [1.29, 1.82) is 0 Å². The predicted molar refractivity (Wildman–Crippen MR) is 101 cm³/mol. The Kier molecular flexibility index (Phi) is 3.93. The third kappa shape index (κ3) is 2.84. The highest BCUT2D eigenvalue weighted by atomic mass is 35.5. The largest absolute Gasteiger partial charge is 0.478 e. The number of benzene rings is 2. The van der Waals surface area contributed by atoms with E-state index in [4.69, 9.17) is 11.6 Å². The van der Waals surface area contributed by atoms with Gasteiger partial charge in [-0.2, -0.15) is 0 Å². The van der Waals surface area contributed by atoms with Gasteiger partial charge in [0.1, 0.15) is 5.82 Å². The van der Waals surface area contributed by atoms with Crippen LogP contribution < -0.4 is 0 Å². The second-order valence-corrected chi connectivity index (χ2v) is 6.56. The molecule has 0 aliphatic heterocycles. The molecule has 0 saturated heterocycles. The third-order valence-corrected chi connectivity index (χ3v) is 4.69. The predicted octanol–water partition coefficient (Wildman–Crippen LogP) is 5.08. The number of halogens is 2. The van der Waals surface area contributed by atoms with Crippen LogP contribution >= 0.6 is 11.6 Å². The van der Waals surface area contributed by atoms with Crippen molar-refractivity contribution < 1.29 is 19.1 Å². The molecular formula is C20H12ClFN2O3. The monoisotopic (exact) mass is 382 g/mol. The standard InChI is InChI=1S/C20H12ClFN2O3/c1-9(25)13-8-16(10-3-5-15(22)14(21)6-10)23-18-12-4-2-11(20(26)27)7-17(12)24-19(13)18/h2-8,24H,1H3,(H,26,27). The molecule has 0 amide bonds. The molecule has 27 heavy (non-hydrogen) atoms. The molecule has 0 aliphatic rings. The molecule has 2 aromatic carbocycles. The number of carboxylic acid groups (broad SMARTS) is 1. The number of fused-ring (bicyclic) bond motifs is 3. The first-order valence-corrected chi connectivity index (χ1v) is 8.39. The number of ketones is 1. The summed E-state index contributed by atoms with van der Waals surface area (Å²) in [5, 5.41) is 9.83. The highest BCUT2D eigenvalue weighted by Crippen LogP contribution is 2.32. The van der Waals surface area contributed by atoms with E-state index in [0.29, 0.717) is 38.8 Å². The molecule has 0 bridgehead atoms. The van der Waals surface area contributed by atoms with Gasteiger partial charge in [0.15, 0.2) is 5.78 Å². The number of rotatable bonds is 3. The number of nitrogens with zero attached hydrogens (tertiary/aromatic N) is 1. The minimum Gasteiger partial charge on any atom is -0.478 e. The molecule has 134 valence electrons. The number of hydrogen-bond acceptors (Lipinski definition) is 3. The van der Waals surface area contributed by atoms with E-state index in [-0.39, 0.29) is 16.4 Å². The summed E-state index contributed by atoms with van der Waals surface area (Å²) in [6.45, 7) is 1.43. The summed E-state index contributed by atoms with van der Waals surface area (Å²) < 4.78 is 13.5. The van der Waals surface area contributed by atoms with Gasteiger partial charge < -0.3 is 10.1 Å². The summed E-state index contributed by atoms with van der Waals surface area (Å²) in [6.07, 6.45) is 0. The van der Waals surface area contributed by atoms with Crippen LogP contribution in [0.3, 0.4) is 0 Å². The van der Waals surface area contributed by atoms with E-state index in [1.54, 1.807) is 12.1 Å². The number of nitrogens with one attached hydrogen (secondary N) is 1. The van der Waals surface area contributed by atoms with Gasteiger partial charge >= 0.3 is 5.97 Å². The molecule has 2 heterocycles. The Labute approximate surface area is 157 Å². The van der Waals surface area contributed by atoms with Gasteiger partial charge in [0.2, 0.25) is 0 Å². The Morgan fingerprint density at radius 2 is 1.93 bits per heavy atom. The van der Waals surface area contributed by atoms with Gasteiger partial charge in [-0.15, -0.1) is 0 Å². The fourth-order valence-electron chi connectivity index (χ4n) is 3.07. The second kappa shape index (κ2) is 6.17. The fourth-order valence-corrected chi connectivity index (χ4v) is 3.25. The molecule has 0 saturated carbocycles. The van der Waals surface area contributed by atoms with Crippen molar-refractivity contribution >= 4 is 45.3 Å². The SMILES string of the molecule is CC(=O)c1cc(-c2ccc(F)c(Cl)c2)nc2c1[nH]c1cc(C(=O)O)ccc12. The van der Waals surface area contributed by atoms with Gasteiger partial charge in [-0.3, -0.25) is 4.79 Å². The van der Waals surface area contributed by atoms with Crippen LogP contribution in [0.5, 0.6) is 0 Å². The zero-order valence-corrected chi connectivity index (χ0v) is 14.8. The van der Waals surface area contributed by atoms with E-state index in [1.807, 2.05) is 0 Å². The number of aromatic carboxylic acids is 1. The minimum absolute atomic E-state index is 0.0381. The molecule has 2 aromatic heterocycles. The van der Waals surface area contributed by atoms with E-state index in [1.165, 1.54) is 37.3 Å². The maximum absolute atomic E-state index is 13.5. The average Bonchev–Trinajstić information content (AvgIpc) is 3.00. The van der Waals surface area contributed by atoms with Crippen LogP contribution in [0, 0.1) is 5.82 Å². The van der Waals surface area contributed by atoms with Crippen LogP contribution in [0.25, 0.3) is 33.2 Å². The zero-order chi connectivity index (χ0) is 19.3. The van der Waals surface area contributed by atoms with Crippen molar-refractivity contribution in [2.45, 2.75) is 6.92 Å². The lowest BCUT2D eigenvalue weighted by Crippen LogP contribution is -1.97. The van der Waals surface area contributed by atoms with Gasteiger partial charge in [0.05, 0.1) is 27.3 Å². The van der Waals surface area contributed by atoms with Crippen molar-refractivity contribution in [2.75, 3.05) is 0 Å².